The molecule has 0 spiro atoms. The highest BCUT2D eigenvalue weighted by Crippen LogP contribution is 2.18. The van der Waals surface area contributed by atoms with E-state index in [0.717, 1.165) is 28.6 Å². The number of aryl methyl sites for hydroxylation is 1. The summed E-state index contributed by atoms with van der Waals surface area (Å²) >= 11 is 0. The van der Waals surface area contributed by atoms with E-state index in [1.807, 2.05) is 37.3 Å². The van der Waals surface area contributed by atoms with Crippen LogP contribution in [0.2, 0.25) is 0 Å². The third-order valence-electron chi connectivity index (χ3n) is 2.66. The molecule has 0 aliphatic rings. The van der Waals surface area contributed by atoms with Crippen LogP contribution in [-0.2, 0) is 22.6 Å². The van der Waals surface area contributed by atoms with Crippen LogP contribution in [0.4, 0.5) is 0 Å². The Morgan fingerprint density at radius 3 is 2.82 bits per heavy atom. The molecule has 0 N–H and O–H groups in total. The van der Waals surface area contributed by atoms with Gasteiger partial charge in [-0.2, -0.15) is 0 Å². The maximum Gasteiger partial charge on any atom is 0.302 e. The molecule has 17 heavy (non-hydrogen) atoms. The molecule has 0 aliphatic carbocycles. The molecule has 3 heteroatoms. The smallest absolute Gasteiger partial charge is 0.302 e. The minimum atomic E-state index is -0.264. The summed E-state index contributed by atoms with van der Waals surface area (Å²) < 4.78 is 5.04. The van der Waals surface area contributed by atoms with Gasteiger partial charge in [0.2, 0.25) is 0 Å². The molecule has 3 nitrogen and oxygen atoms in total. The third kappa shape index (κ3) is 2.61. The molecule has 1 heterocycles. The Bertz CT molecular complexity index is 549. The van der Waals surface area contributed by atoms with Crippen molar-refractivity contribution in [1.29, 1.82) is 0 Å². The van der Waals surface area contributed by atoms with Gasteiger partial charge in [-0.05, 0) is 18.6 Å². The highest BCUT2D eigenvalue weighted by Gasteiger charge is 2.06. The van der Waals surface area contributed by atoms with E-state index < -0.39 is 0 Å². The largest absolute Gasteiger partial charge is 0.461 e. The number of benzene rings is 1. The summed E-state index contributed by atoms with van der Waals surface area (Å²) in [4.78, 5) is 15.4. The van der Waals surface area contributed by atoms with Crippen molar-refractivity contribution in [3.63, 3.8) is 0 Å². The second kappa shape index (κ2) is 4.95. The SMILES string of the molecule is CCc1nc2ccccc2cc1COC(C)=O. The lowest BCUT2D eigenvalue weighted by Crippen LogP contribution is -2.03. The van der Waals surface area contributed by atoms with E-state index in [4.69, 9.17) is 4.74 Å². The maximum atomic E-state index is 10.8. The van der Waals surface area contributed by atoms with Crippen molar-refractivity contribution in [3.8, 4) is 0 Å². The molecule has 0 saturated heterocycles. The first kappa shape index (κ1) is 11.6. The van der Waals surface area contributed by atoms with Gasteiger partial charge in [-0.25, -0.2) is 0 Å². The monoisotopic (exact) mass is 229 g/mol. The van der Waals surface area contributed by atoms with E-state index in [0.29, 0.717) is 6.61 Å². The van der Waals surface area contributed by atoms with Gasteiger partial charge >= 0.3 is 5.97 Å². The maximum absolute atomic E-state index is 10.8. The van der Waals surface area contributed by atoms with Crippen molar-refractivity contribution in [2.45, 2.75) is 26.9 Å². The molecule has 0 fully saturated rings. The first-order valence-corrected chi connectivity index (χ1v) is 5.71. The van der Waals surface area contributed by atoms with E-state index in [-0.39, 0.29) is 5.97 Å². The van der Waals surface area contributed by atoms with E-state index >= 15 is 0 Å². The molecule has 1 aromatic heterocycles. The molecule has 0 radical (unpaired) electrons. The van der Waals surface area contributed by atoms with Gasteiger partial charge in [0.05, 0.1) is 5.52 Å². The lowest BCUT2D eigenvalue weighted by Gasteiger charge is -2.09. The van der Waals surface area contributed by atoms with E-state index in [1.54, 1.807) is 0 Å². The highest BCUT2D eigenvalue weighted by atomic mass is 16.5. The van der Waals surface area contributed by atoms with Crippen LogP contribution < -0.4 is 0 Å². The zero-order valence-electron chi connectivity index (χ0n) is 10.1. The van der Waals surface area contributed by atoms with E-state index in [9.17, 15) is 4.79 Å². The van der Waals surface area contributed by atoms with Gasteiger partial charge in [0.15, 0.2) is 0 Å². The van der Waals surface area contributed by atoms with Crippen LogP contribution in [0.1, 0.15) is 25.1 Å². The summed E-state index contributed by atoms with van der Waals surface area (Å²) in [6.45, 7) is 3.77. The van der Waals surface area contributed by atoms with Crippen molar-refractivity contribution in [2.75, 3.05) is 0 Å². The molecule has 0 unspecified atom stereocenters. The fourth-order valence-electron chi connectivity index (χ4n) is 1.81. The third-order valence-corrected chi connectivity index (χ3v) is 2.66. The quantitative estimate of drug-likeness (QED) is 0.760. The number of hydrogen-bond donors (Lipinski definition) is 0. The topological polar surface area (TPSA) is 39.2 Å². The van der Waals surface area contributed by atoms with Gasteiger partial charge in [0.1, 0.15) is 6.61 Å². The Kier molecular flexibility index (Phi) is 3.38. The van der Waals surface area contributed by atoms with Crippen LogP contribution in [0.15, 0.2) is 30.3 Å². The van der Waals surface area contributed by atoms with Crippen LogP contribution in [0.3, 0.4) is 0 Å². The van der Waals surface area contributed by atoms with Gasteiger partial charge in [0, 0.05) is 23.6 Å². The lowest BCUT2D eigenvalue weighted by atomic mass is 10.1. The molecule has 1 aromatic carbocycles. The summed E-state index contributed by atoms with van der Waals surface area (Å²) in [7, 11) is 0. The minimum Gasteiger partial charge on any atom is -0.461 e. The second-order valence-electron chi connectivity index (χ2n) is 3.92. The number of para-hydroxylation sites is 1. The number of aromatic nitrogens is 1. The van der Waals surface area contributed by atoms with Crippen LogP contribution in [-0.4, -0.2) is 11.0 Å². The number of pyridine rings is 1. The average Bonchev–Trinajstić information content (AvgIpc) is 2.35. The van der Waals surface area contributed by atoms with Crippen molar-refractivity contribution in [3.05, 3.63) is 41.6 Å². The predicted octanol–water partition coefficient (Wildman–Crippen LogP) is 2.86. The fourth-order valence-corrected chi connectivity index (χ4v) is 1.81. The van der Waals surface area contributed by atoms with Gasteiger partial charge in [-0.1, -0.05) is 25.1 Å². The van der Waals surface area contributed by atoms with E-state index in [2.05, 4.69) is 4.98 Å². The van der Waals surface area contributed by atoms with Crippen molar-refractivity contribution < 1.29 is 9.53 Å². The van der Waals surface area contributed by atoms with Gasteiger partial charge in [-0.3, -0.25) is 9.78 Å². The van der Waals surface area contributed by atoms with Gasteiger partial charge < -0.3 is 4.74 Å². The standard InChI is InChI=1S/C14H15NO2/c1-3-13-12(9-17-10(2)16)8-11-6-4-5-7-14(11)15-13/h4-8H,3,9H2,1-2H3. The Morgan fingerprint density at radius 1 is 1.35 bits per heavy atom. The molecule has 0 saturated carbocycles. The van der Waals surface area contributed by atoms with Crippen molar-refractivity contribution >= 4 is 16.9 Å². The normalized spacial score (nSPS) is 10.5. The zero-order chi connectivity index (χ0) is 12.3. The predicted molar refractivity (Wildman–Crippen MR) is 66.6 cm³/mol. The Labute approximate surface area is 100 Å². The first-order valence-electron chi connectivity index (χ1n) is 5.71. The molecule has 0 bridgehead atoms. The molecular formula is C14H15NO2. The minimum absolute atomic E-state index is 0.264. The Balaban J connectivity index is 2.41. The average molecular weight is 229 g/mol. The zero-order valence-corrected chi connectivity index (χ0v) is 10.1. The Morgan fingerprint density at radius 2 is 2.12 bits per heavy atom. The number of esters is 1. The molecular weight excluding hydrogens is 214 g/mol. The summed E-state index contributed by atoms with van der Waals surface area (Å²) in [6.07, 6.45) is 0.835. The van der Waals surface area contributed by atoms with Crippen LogP contribution in [0, 0.1) is 0 Å². The molecule has 88 valence electrons. The van der Waals surface area contributed by atoms with Crippen LogP contribution >= 0.6 is 0 Å². The van der Waals surface area contributed by atoms with Crippen molar-refractivity contribution in [2.24, 2.45) is 0 Å². The number of carbonyl (C=O) groups is 1. The fraction of sp³-hybridized carbons (Fsp3) is 0.286. The molecule has 2 rings (SSSR count). The first-order chi connectivity index (χ1) is 8.20. The number of rotatable bonds is 3. The lowest BCUT2D eigenvalue weighted by molar-refractivity contribution is -0.142. The number of hydrogen-bond acceptors (Lipinski definition) is 3. The molecule has 0 atom stereocenters. The summed E-state index contributed by atoms with van der Waals surface area (Å²) in [5.74, 6) is -0.264. The van der Waals surface area contributed by atoms with Gasteiger partial charge in [-0.15, -0.1) is 0 Å². The number of fused-ring (bicyclic) bond motifs is 1. The van der Waals surface area contributed by atoms with E-state index in [1.165, 1.54) is 6.92 Å². The van der Waals surface area contributed by atoms with Crippen molar-refractivity contribution in [1.82, 2.24) is 4.98 Å². The summed E-state index contributed by atoms with van der Waals surface area (Å²) in [6, 6.07) is 10.00. The van der Waals surface area contributed by atoms with Gasteiger partial charge in [0.25, 0.3) is 0 Å². The highest BCUT2D eigenvalue weighted by molar-refractivity contribution is 5.79. The van der Waals surface area contributed by atoms with Crippen LogP contribution in [0.25, 0.3) is 10.9 Å². The van der Waals surface area contributed by atoms with Crippen LogP contribution in [0.5, 0.6) is 0 Å². The summed E-state index contributed by atoms with van der Waals surface area (Å²) in [5.41, 5.74) is 2.96. The second-order valence-corrected chi connectivity index (χ2v) is 3.92. The molecule has 2 aromatic rings. The molecule has 0 amide bonds. The number of ether oxygens (including phenoxy) is 1. The molecule has 0 aliphatic heterocycles. The number of carbonyl (C=O) groups excluding carboxylic acids is 1. The number of nitrogens with zero attached hydrogens (tertiary/aromatic N) is 1. The Hall–Kier alpha value is -1.90. The summed E-state index contributed by atoms with van der Waals surface area (Å²) in [5, 5.41) is 1.08.